The highest BCUT2D eigenvalue weighted by Crippen LogP contribution is 2.28. The number of benzene rings is 1. The lowest BCUT2D eigenvalue weighted by Crippen LogP contribution is -1.89. The van der Waals surface area contributed by atoms with Gasteiger partial charge in [-0.25, -0.2) is 0 Å². The van der Waals surface area contributed by atoms with E-state index in [-0.39, 0.29) is 0 Å². The Morgan fingerprint density at radius 1 is 1.27 bits per heavy atom. The Morgan fingerprint density at radius 3 is 2.93 bits per heavy atom. The van der Waals surface area contributed by atoms with Gasteiger partial charge in [-0.15, -0.1) is 10.2 Å². The number of nitrogens with zero attached hydrogens (tertiary/aromatic N) is 4. The van der Waals surface area contributed by atoms with Gasteiger partial charge in [-0.1, -0.05) is 23.5 Å². The molecule has 0 aliphatic carbocycles. The number of hydrogen-bond acceptors (Lipinski definition) is 5. The normalized spacial score (nSPS) is 10.9. The molecule has 15 heavy (non-hydrogen) atoms. The van der Waals surface area contributed by atoms with Crippen LogP contribution in [-0.4, -0.2) is 19.8 Å². The Morgan fingerprint density at radius 2 is 2.13 bits per heavy atom. The molecular weight excluding hydrogens is 210 g/mol. The summed E-state index contributed by atoms with van der Waals surface area (Å²) in [6, 6.07) is 7.64. The number of nitrogen functional groups attached to an aromatic ring is 1. The van der Waals surface area contributed by atoms with E-state index < -0.39 is 0 Å². The van der Waals surface area contributed by atoms with Gasteiger partial charge in [0.2, 0.25) is 4.96 Å². The molecule has 0 fully saturated rings. The zero-order valence-corrected chi connectivity index (χ0v) is 8.48. The molecule has 0 bridgehead atoms. The highest BCUT2D eigenvalue weighted by molar-refractivity contribution is 7.19. The van der Waals surface area contributed by atoms with E-state index in [1.165, 1.54) is 11.3 Å². The second kappa shape index (κ2) is 3.03. The van der Waals surface area contributed by atoms with Crippen molar-refractivity contribution >= 4 is 22.0 Å². The molecule has 5 nitrogen and oxygen atoms in total. The van der Waals surface area contributed by atoms with Crippen molar-refractivity contribution in [1.29, 1.82) is 0 Å². The molecule has 74 valence electrons. The van der Waals surface area contributed by atoms with Gasteiger partial charge in [0.25, 0.3) is 0 Å². The van der Waals surface area contributed by atoms with E-state index in [1.807, 2.05) is 24.3 Å². The SMILES string of the molecule is Nc1ccccc1-c1nn2cnnc2s1. The molecule has 0 unspecified atom stereocenters. The quantitative estimate of drug-likeness (QED) is 0.626. The number of anilines is 1. The van der Waals surface area contributed by atoms with Crippen LogP contribution in [0.25, 0.3) is 15.5 Å². The van der Waals surface area contributed by atoms with Crippen LogP contribution >= 0.6 is 11.3 Å². The molecule has 3 rings (SSSR count). The average molecular weight is 217 g/mol. The molecule has 0 saturated heterocycles. The molecular formula is C9H7N5S. The fourth-order valence-electron chi connectivity index (χ4n) is 1.36. The van der Waals surface area contributed by atoms with Crippen LogP contribution in [-0.2, 0) is 0 Å². The Labute approximate surface area is 89.2 Å². The third-order valence-electron chi connectivity index (χ3n) is 2.08. The van der Waals surface area contributed by atoms with Gasteiger partial charge in [0.05, 0.1) is 0 Å². The first kappa shape index (κ1) is 8.37. The molecule has 2 heterocycles. The van der Waals surface area contributed by atoms with Crippen molar-refractivity contribution < 1.29 is 0 Å². The van der Waals surface area contributed by atoms with Gasteiger partial charge in [0, 0.05) is 11.3 Å². The number of hydrogen-bond donors (Lipinski definition) is 1. The van der Waals surface area contributed by atoms with Crippen molar-refractivity contribution in [2.45, 2.75) is 0 Å². The molecule has 0 saturated carbocycles. The summed E-state index contributed by atoms with van der Waals surface area (Å²) in [6.45, 7) is 0. The fourth-order valence-corrected chi connectivity index (χ4v) is 2.23. The number of para-hydroxylation sites is 1. The third-order valence-corrected chi connectivity index (χ3v) is 3.02. The lowest BCUT2D eigenvalue weighted by atomic mass is 10.2. The molecule has 0 spiro atoms. The van der Waals surface area contributed by atoms with E-state index in [0.29, 0.717) is 0 Å². The van der Waals surface area contributed by atoms with E-state index in [4.69, 9.17) is 5.73 Å². The maximum atomic E-state index is 5.86. The monoisotopic (exact) mass is 217 g/mol. The van der Waals surface area contributed by atoms with E-state index in [2.05, 4.69) is 15.3 Å². The number of fused-ring (bicyclic) bond motifs is 1. The van der Waals surface area contributed by atoms with Crippen molar-refractivity contribution in [3.05, 3.63) is 30.6 Å². The van der Waals surface area contributed by atoms with E-state index in [1.54, 1.807) is 10.8 Å². The molecule has 0 amide bonds. The van der Waals surface area contributed by atoms with Crippen molar-refractivity contribution in [3.63, 3.8) is 0 Å². The summed E-state index contributed by atoms with van der Waals surface area (Å²) in [7, 11) is 0. The van der Waals surface area contributed by atoms with Crippen molar-refractivity contribution in [1.82, 2.24) is 19.8 Å². The minimum Gasteiger partial charge on any atom is -0.398 e. The van der Waals surface area contributed by atoms with Crippen LogP contribution in [0, 0.1) is 0 Å². The Balaban J connectivity index is 2.22. The summed E-state index contributed by atoms with van der Waals surface area (Å²) >= 11 is 1.47. The summed E-state index contributed by atoms with van der Waals surface area (Å²) < 4.78 is 1.65. The molecule has 2 N–H and O–H groups in total. The van der Waals surface area contributed by atoms with Gasteiger partial charge in [-0.05, 0) is 12.1 Å². The standard InChI is InChI=1S/C9H7N5S/c10-7-4-2-1-3-6(7)8-13-14-5-11-12-9(14)15-8/h1-5H,10H2. The smallest absolute Gasteiger partial charge is 0.234 e. The minimum atomic E-state index is 0.725. The molecule has 0 radical (unpaired) electrons. The topological polar surface area (TPSA) is 69.1 Å². The molecule has 2 aromatic heterocycles. The second-order valence-corrected chi connectivity index (χ2v) is 4.01. The number of aromatic nitrogens is 4. The Hall–Kier alpha value is -1.95. The zero-order chi connectivity index (χ0) is 10.3. The molecule has 3 aromatic rings. The highest BCUT2D eigenvalue weighted by Gasteiger charge is 2.09. The Bertz CT molecular complexity index is 583. The number of nitrogens with two attached hydrogens (primary N) is 1. The van der Waals surface area contributed by atoms with E-state index >= 15 is 0 Å². The van der Waals surface area contributed by atoms with Gasteiger partial charge < -0.3 is 5.73 Å². The second-order valence-electron chi connectivity index (χ2n) is 3.05. The van der Waals surface area contributed by atoms with Crippen LogP contribution in [0.4, 0.5) is 5.69 Å². The average Bonchev–Trinajstić information content (AvgIpc) is 2.77. The van der Waals surface area contributed by atoms with E-state index in [9.17, 15) is 0 Å². The summed E-state index contributed by atoms with van der Waals surface area (Å²) in [5.74, 6) is 0. The van der Waals surface area contributed by atoms with Gasteiger partial charge in [-0.3, -0.25) is 0 Å². The van der Waals surface area contributed by atoms with E-state index in [0.717, 1.165) is 21.2 Å². The molecule has 0 aliphatic rings. The first-order chi connectivity index (χ1) is 7.34. The van der Waals surface area contributed by atoms with Gasteiger partial charge in [0.1, 0.15) is 11.3 Å². The van der Waals surface area contributed by atoms with Gasteiger partial charge >= 0.3 is 0 Å². The maximum Gasteiger partial charge on any atom is 0.234 e. The maximum absolute atomic E-state index is 5.86. The summed E-state index contributed by atoms with van der Waals surface area (Å²) in [5.41, 5.74) is 7.53. The molecule has 0 atom stereocenters. The lowest BCUT2D eigenvalue weighted by molar-refractivity contribution is 0.960. The first-order valence-corrected chi connectivity index (χ1v) is 5.18. The van der Waals surface area contributed by atoms with Crippen LogP contribution in [0.1, 0.15) is 0 Å². The van der Waals surface area contributed by atoms with Crippen molar-refractivity contribution in [3.8, 4) is 10.6 Å². The molecule has 6 heteroatoms. The van der Waals surface area contributed by atoms with Crippen molar-refractivity contribution in [2.24, 2.45) is 0 Å². The predicted octanol–water partition coefficient (Wildman–Crippen LogP) is 1.43. The fraction of sp³-hybridized carbons (Fsp3) is 0. The summed E-state index contributed by atoms with van der Waals surface area (Å²) in [4.78, 5) is 0.772. The van der Waals surface area contributed by atoms with Crippen LogP contribution in [0.3, 0.4) is 0 Å². The summed E-state index contributed by atoms with van der Waals surface area (Å²) in [5, 5.41) is 12.9. The van der Waals surface area contributed by atoms with Crippen LogP contribution in [0.2, 0.25) is 0 Å². The molecule has 1 aromatic carbocycles. The van der Waals surface area contributed by atoms with Crippen LogP contribution in [0.5, 0.6) is 0 Å². The van der Waals surface area contributed by atoms with Gasteiger partial charge in [-0.2, -0.15) is 9.61 Å². The Kier molecular flexibility index (Phi) is 1.69. The van der Waals surface area contributed by atoms with Gasteiger partial charge in [0.15, 0.2) is 0 Å². The summed E-state index contributed by atoms with van der Waals surface area (Å²) in [6.07, 6.45) is 1.58. The predicted molar refractivity (Wildman–Crippen MR) is 58.5 cm³/mol. The third kappa shape index (κ3) is 1.26. The minimum absolute atomic E-state index is 0.725. The first-order valence-electron chi connectivity index (χ1n) is 4.36. The van der Waals surface area contributed by atoms with Crippen LogP contribution < -0.4 is 5.73 Å². The molecule has 0 aliphatic heterocycles. The zero-order valence-electron chi connectivity index (χ0n) is 7.66. The van der Waals surface area contributed by atoms with Crippen LogP contribution in [0.15, 0.2) is 30.6 Å². The number of rotatable bonds is 1. The largest absolute Gasteiger partial charge is 0.398 e. The lowest BCUT2D eigenvalue weighted by Gasteiger charge is -1.98. The van der Waals surface area contributed by atoms with Crippen molar-refractivity contribution in [2.75, 3.05) is 5.73 Å². The highest BCUT2D eigenvalue weighted by atomic mass is 32.1.